The van der Waals surface area contributed by atoms with Gasteiger partial charge in [-0.2, -0.15) is 0 Å². The summed E-state index contributed by atoms with van der Waals surface area (Å²) in [5, 5.41) is 5.57. The van der Waals surface area contributed by atoms with Crippen molar-refractivity contribution in [1.29, 1.82) is 0 Å². The summed E-state index contributed by atoms with van der Waals surface area (Å²) in [7, 11) is 0. The second kappa shape index (κ2) is 10.5. The zero-order chi connectivity index (χ0) is 34.7. The van der Waals surface area contributed by atoms with Gasteiger partial charge in [0.15, 0.2) is 5.58 Å². The molecule has 0 unspecified atom stereocenters. The van der Waals surface area contributed by atoms with Crippen LogP contribution in [0.1, 0.15) is 22.3 Å². The summed E-state index contributed by atoms with van der Waals surface area (Å²) < 4.78 is 7.04. The zero-order valence-electron chi connectivity index (χ0n) is 28.6. The standard InChI is InChI=1S/C50H30N2O/c1-2-16-31(17-3-1)48-36-30-44(49-47(35-21-7-15-29-45(35)53-49)46(36)34-20-6-12-26-41(34)51-48)52-42-27-13-10-24-39(42)50(40-25-11-14-28-43(40)52)37-22-8-4-18-32(37)33-19-5-9-23-38(33)50/h1-30H. The van der Waals surface area contributed by atoms with Crippen molar-refractivity contribution in [2.75, 3.05) is 4.90 Å². The molecule has 3 heteroatoms. The number of benzene rings is 8. The van der Waals surface area contributed by atoms with E-state index in [0.29, 0.717) is 0 Å². The maximum Gasteiger partial charge on any atom is 0.160 e. The number of fused-ring (bicyclic) bond motifs is 16. The van der Waals surface area contributed by atoms with E-state index in [4.69, 9.17) is 9.40 Å². The summed E-state index contributed by atoms with van der Waals surface area (Å²) in [5.74, 6) is 0. The SMILES string of the molecule is c1ccc(-c2nc3ccccc3c3c2cc(N2c4ccccc4C4(c5ccccc5-c5ccccc54)c4ccccc42)c2oc4ccccc4c23)cc1. The van der Waals surface area contributed by atoms with Crippen LogP contribution in [0.2, 0.25) is 0 Å². The van der Waals surface area contributed by atoms with Gasteiger partial charge in [0.1, 0.15) is 5.58 Å². The molecule has 2 aliphatic rings. The van der Waals surface area contributed by atoms with Crippen molar-refractivity contribution in [3.05, 3.63) is 204 Å². The molecule has 1 aliphatic heterocycles. The van der Waals surface area contributed by atoms with Gasteiger partial charge in [-0.05, 0) is 63.7 Å². The topological polar surface area (TPSA) is 29.3 Å². The number of pyridine rings is 1. The Morgan fingerprint density at radius 3 is 1.68 bits per heavy atom. The van der Waals surface area contributed by atoms with Crippen molar-refractivity contribution in [3.8, 4) is 22.4 Å². The van der Waals surface area contributed by atoms with Gasteiger partial charge in [0.25, 0.3) is 0 Å². The zero-order valence-corrected chi connectivity index (χ0v) is 28.6. The lowest BCUT2D eigenvalue weighted by molar-refractivity contribution is 0.668. The molecule has 0 atom stereocenters. The molecule has 53 heavy (non-hydrogen) atoms. The van der Waals surface area contributed by atoms with Crippen LogP contribution < -0.4 is 4.90 Å². The number of anilines is 3. The Kier molecular flexibility index (Phi) is 5.70. The second-order valence-electron chi connectivity index (χ2n) is 14.2. The summed E-state index contributed by atoms with van der Waals surface area (Å²) in [6.07, 6.45) is 0. The molecule has 12 rings (SSSR count). The first kappa shape index (κ1) is 28.7. The maximum atomic E-state index is 7.04. The minimum atomic E-state index is -0.492. The molecule has 0 radical (unpaired) electrons. The van der Waals surface area contributed by atoms with Crippen LogP contribution in [0.5, 0.6) is 0 Å². The van der Waals surface area contributed by atoms with E-state index in [0.717, 1.165) is 71.9 Å². The fourth-order valence-electron chi connectivity index (χ4n) is 9.62. The molecule has 10 aromatic rings. The summed E-state index contributed by atoms with van der Waals surface area (Å²) in [6.45, 7) is 0. The number of aromatic nitrogens is 1. The monoisotopic (exact) mass is 674 g/mol. The first-order valence-electron chi connectivity index (χ1n) is 18.2. The highest BCUT2D eigenvalue weighted by Crippen LogP contribution is 2.64. The second-order valence-corrected chi connectivity index (χ2v) is 14.2. The summed E-state index contributed by atoms with van der Waals surface area (Å²) in [5.41, 5.74) is 15.2. The molecule has 246 valence electrons. The molecule has 0 amide bonds. The molecule has 3 nitrogen and oxygen atoms in total. The van der Waals surface area contributed by atoms with Crippen molar-refractivity contribution in [3.63, 3.8) is 0 Å². The van der Waals surface area contributed by atoms with Crippen molar-refractivity contribution >= 4 is 60.7 Å². The van der Waals surface area contributed by atoms with Gasteiger partial charge >= 0.3 is 0 Å². The highest BCUT2D eigenvalue weighted by Gasteiger charge is 2.51. The third-order valence-corrected chi connectivity index (χ3v) is 11.6. The Labute approximate surface area is 306 Å². The molecule has 2 aromatic heterocycles. The first-order valence-corrected chi connectivity index (χ1v) is 18.2. The summed E-state index contributed by atoms with van der Waals surface area (Å²) in [6, 6.07) is 65.8. The number of nitrogens with zero attached hydrogens (tertiary/aromatic N) is 2. The van der Waals surface area contributed by atoms with Crippen LogP contribution in [0.4, 0.5) is 17.1 Å². The van der Waals surface area contributed by atoms with Crippen LogP contribution in [0.15, 0.2) is 186 Å². The molecule has 0 bridgehead atoms. The van der Waals surface area contributed by atoms with Crippen LogP contribution in [0.3, 0.4) is 0 Å². The lowest BCUT2D eigenvalue weighted by atomic mass is 9.64. The predicted molar refractivity (Wildman–Crippen MR) is 218 cm³/mol. The van der Waals surface area contributed by atoms with Gasteiger partial charge in [-0.3, -0.25) is 0 Å². The van der Waals surface area contributed by atoms with Gasteiger partial charge in [-0.25, -0.2) is 4.98 Å². The van der Waals surface area contributed by atoms with Crippen LogP contribution in [0, 0.1) is 0 Å². The Morgan fingerprint density at radius 2 is 0.981 bits per heavy atom. The normalized spacial score (nSPS) is 13.8. The predicted octanol–water partition coefficient (Wildman–Crippen LogP) is 13.1. The van der Waals surface area contributed by atoms with Gasteiger partial charge in [0.05, 0.1) is 33.7 Å². The van der Waals surface area contributed by atoms with Crippen molar-refractivity contribution in [2.45, 2.75) is 5.41 Å². The quantitative estimate of drug-likeness (QED) is 0.171. The molecule has 0 saturated carbocycles. The van der Waals surface area contributed by atoms with Gasteiger partial charge < -0.3 is 9.32 Å². The fourth-order valence-corrected chi connectivity index (χ4v) is 9.62. The van der Waals surface area contributed by atoms with Crippen molar-refractivity contribution in [2.24, 2.45) is 0 Å². The highest BCUT2D eigenvalue weighted by atomic mass is 16.3. The fraction of sp³-hybridized carbons (Fsp3) is 0.0200. The van der Waals surface area contributed by atoms with E-state index >= 15 is 0 Å². The molecular formula is C50H30N2O. The van der Waals surface area contributed by atoms with Crippen molar-refractivity contribution < 1.29 is 4.42 Å². The lowest BCUT2D eigenvalue weighted by Gasteiger charge is -2.45. The largest absolute Gasteiger partial charge is 0.454 e. The van der Waals surface area contributed by atoms with Gasteiger partial charge in [0.2, 0.25) is 0 Å². The minimum Gasteiger partial charge on any atom is -0.454 e. The maximum absolute atomic E-state index is 7.04. The molecule has 1 aliphatic carbocycles. The lowest BCUT2D eigenvalue weighted by Crippen LogP contribution is -2.36. The Bertz CT molecular complexity index is 3040. The minimum absolute atomic E-state index is 0.492. The van der Waals surface area contributed by atoms with Gasteiger partial charge in [-0.15, -0.1) is 0 Å². The molecule has 1 spiro atoms. The van der Waals surface area contributed by atoms with Crippen LogP contribution in [-0.4, -0.2) is 4.98 Å². The molecule has 3 heterocycles. The Balaban J connectivity index is 1.26. The Hall–Kier alpha value is -6.97. The Morgan fingerprint density at radius 1 is 0.434 bits per heavy atom. The van der Waals surface area contributed by atoms with Crippen LogP contribution in [0.25, 0.3) is 66.0 Å². The first-order chi connectivity index (χ1) is 26.3. The van der Waals surface area contributed by atoms with E-state index in [1.807, 2.05) is 0 Å². The molecular weight excluding hydrogens is 645 g/mol. The molecule has 8 aromatic carbocycles. The number of rotatable bonds is 2. The highest BCUT2D eigenvalue weighted by molar-refractivity contribution is 6.31. The number of para-hydroxylation sites is 4. The average molecular weight is 675 g/mol. The van der Waals surface area contributed by atoms with Gasteiger partial charge in [0, 0.05) is 32.5 Å². The van der Waals surface area contributed by atoms with Crippen LogP contribution in [-0.2, 0) is 5.41 Å². The smallest absolute Gasteiger partial charge is 0.160 e. The summed E-state index contributed by atoms with van der Waals surface area (Å²) in [4.78, 5) is 7.83. The van der Waals surface area contributed by atoms with E-state index in [1.165, 1.54) is 33.4 Å². The molecule has 0 N–H and O–H groups in total. The van der Waals surface area contributed by atoms with E-state index in [1.54, 1.807) is 0 Å². The van der Waals surface area contributed by atoms with Crippen molar-refractivity contribution in [1.82, 2.24) is 4.98 Å². The molecule has 0 saturated heterocycles. The number of furan rings is 1. The number of hydrogen-bond donors (Lipinski definition) is 0. The molecule has 0 fully saturated rings. The third kappa shape index (κ3) is 3.66. The average Bonchev–Trinajstić information content (AvgIpc) is 3.76. The van der Waals surface area contributed by atoms with Crippen LogP contribution >= 0.6 is 0 Å². The van der Waals surface area contributed by atoms with E-state index < -0.39 is 5.41 Å². The van der Waals surface area contributed by atoms with E-state index in [2.05, 4.69) is 187 Å². The third-order valence-electron chi connectivity index (χ3n) is 11.6. The summed E-state index contributed by atoms with van der Waals surface area (Å²) >= 11 is 0. The van der Waals surface area contributed by atoms with E-state index in [-0.39, 0.29) is 0 Å². The van der Waals surface area contributed by atoms with E-state index in [9.17, 15) is 0 Å². The number of hydrogen-bond acceptors (Lipinski definition) is 3. The van der Waals surface area contributed by atoms with Gasteiger partial charge in [-0.1, -0.05) is 152 Å².